The number of fused-ring (bicyclic) bond motifs is 2. The van der Waals surface area contributed by atoms with Gasteiger partial charge in [-0.2, -0.15) is 0 Å². The van der Waals surface area contributed by atoms with Crippen molar-refractivity contribution in [3.63, 3.8) is 0 Å². The number of hydrogen-bond acceptors (Lipinski definition) is 7. The highest BCUT2D eigenvalue weighted by atomic mass is 16.7. The minimum atomic E-state index is -0.836. The van der Waals surface area contributed by atoms with Gasteiger partial charge in [0.15, 0.2) is 0 Å². The van der Waals surface area contributed by atoms with E-state index in [4.69, 9.17) is 9.36 Å². The number of imide groups is 1. The van der Waals surface area contributed by atoms with Gasteiger partial charge in [-0.05, 0) is 31.0 Å². The minimum absolute atomic E-state index is 0.170. The molecule has 2 amide bonds. The summed E-state index contributed by atoms with van der Waals surface area (Å²) in [5.74, 6) is -2.18. The molecule has 0 radical (unpaired) electrons. The Hall–Kier alpha value is -3.55. The van der Waals surface area contributed by atoms with Crippen LogP contribution in [0.25, 0.3) is 11.1 Å². The molecule has 142 valence electrons. The lowest BCUT2D eigenvalue weighted by atomic mass is 10.1. The molecule has 1 aromatic carbocycles. The van der Waals surface area contributed by atoms with Crippen LogP contribution in [0.1, 0.15) is 62.7 Å². The van der Waals surface area contributed by atoms with Gasteiger partial charge in [0.25, 0.3) is 17.5 Å². The maximum atomic E-state index is 12.9. The molecule has 0 bridgehead atoms. The summed E-state index contributed by atoms with van der Waals surface area (Å²) in [5, 5.41) is 4.95. The number of aromatic nitrogens is 2. The quantitative estimate of drug-likeness (QED) is 0.628. The fourth-order valence-corrected chi connectivity index (χ4v) is 3.19. The van der Waals surface area contributed by atoms with Crippen LogP contribution in [0.4, 0.5) is 0 Å². The van der Waals surface area contributed by atoms with E-state index in [9.17, 15) is 14.4 Å². The van der Waals surface area contributed by atoms with Gasteiger partial charge < -0.3 is 9.36 Å². The third kappa shape index (κ3) is 2.74. The SMILES string of the molecule is CCCc1noc2nc(CC)cc(C(=O)ON3C(=O)c4ccccc4C3=O)c12. The molecule has 0 atom stereocenters. The fourth-order valence-electron chi connectivity index (χ4n) is 3.19. The van der Waals surface area contributed by atoms with Gasteiger partial charge in [-0.3, -0.25) is 9.59 Å². The molecule has 1 aliphatic rings. The normalized spacial score (nSPS) is 13.3. The van der Waals surface area contributed by atoms with Gasteiger partial charge in [0.2, 0.25) is 0 Å². The Labute approximate surface area is 160 Å². The van der Waals surface area contributed by atoms with E-state index in [1.165, 1.54) is 12.1 Å². The predicted molar refractivity (Wildman–Crippen MR) is 97.5 cm³/mol. The first-order chi connectivity index (χ1) is 13.5. The zero-order valence-corrected chi connectivity index (χ0v) is 15.4. The Balaban J connectivity index is 1.72. The number of nitrogens with zero attached hydrogens (tertiary/aromatic N) is 3. The summed E-state index contributed by atoms with van der Waals surface area (Å²) in [7, 11) is 0. The van der Waals surface area contributed by atoms with Crippen LogP contribution in [-0.4, -0.2) is 33.0 Å². The van der Waals surface area contributed by atoms with E-state index in [1.807, 2.05) is 13.8 Å². The number of carbonyl (C=O) groups is 3. The zero-order valence-electron chi connectivity index (χ0n) is 15.4. The van der Waals surface area contributed by atoms with Crippen LogP contribution in [0.5, 0.6) is 0 Å². The van der Waals surface area contributed by atoms with Crippen molar-refractivity contribution in [2.75, 3.05) is 0 Å². The third-order valence-electron chi connectivity index (χ3n) is 4.57. The Morgan fingerprint density at radius 2 is 1.82 bits per heavy atom. The Bertz CT molecular complexity index is 1080. The standard InChI is InChI=1S/C20H17N3O5/c1-3-7-15-16-14(10-11(4-2)21-17(16)27-22-15)20(26)28-23-18(24)12-8-5-6-9-13(12)19(23)25/h5-6,8-10H,3-4,7H2,1-2H3. The summed E-state index contributed by atoms with van der Waals surface area (Å²) in [6, 6.07) is 7.90. The van der Waals surface area contributed by atoms with Gasteiger partial charge in [0.05, 0.1) is 27.8 Å². The molecule has 0 fully saturated rings. The molecule has 28 heavy (non-hydrogen) atoms. The van der Waals surface area contributed by atoms with Gasteiger partial charge in [0, 0.05) is 5.69 Å². The summed E-state index contributed by atoms with van der Waals surface area (Å²) in [5.41, 5.74) is 2.00. The number of carbonyl (C=O) groups excluding carboxylic acids is 3. The second-order valence-electron chi connectivity index (χ2n) is 6.40. The van der Waals surface area contributed by atoms with E-state index in [0.29, 0.717) is 34.7 Å². The van der Waals surface area contributed by atoms with Crippen LogP contribution >= 0.6 is 0 Å². The van der Waals surface area contributed by atoms with Crippen molar-refractivity contribution in [3.05, 3.63) is 58.4 Å². The Morgan fingerprint density at radius 3 is 2.43 bits per heavy atom. The van der Waals surface area contributed by atoms with Crippen LogP contribution in [-0.2, 0) is 17.7 Å². The second kappa shape index (κ2) is 6.88. The third-order valence-corrected chi connectivity index (χ3v) is 4.57. The number of pyridine rings is 1. The van der Waals surface area contributed by atoms with Crippen LogP contribution in [0.15, 0.2) is 34.9 Å². The summed E-state index contributed by atoms with van der Waals surface area (Å²) in [6.45, 7) is 3.86. The van der Waals surface area contributed by atoms with Gasteiger partial charge in [-0.25, -0.2) is 9.78 Å². The molecule has 8 nitrogen and oxygen atoms in total. The van der Waals surface area contributed by atoms with E-state index in [-0.39, 0.29) is 22.4 Å². The highest BCUT2D eigenvalue weighted by Gasteiger charge is 2.39. The van der Waals surface area contributed by atoms with Crippen LogP contribution in [0, 0.1) is 0 Å². The zero-order chi connectivity index (χ0) is 19.8. The lowest BCUT2D eigenvalue weighted by Gasteiger charge is -2.13. The molecule has 0 unspecified atom stereocenters. The van der Waals surface area contributed by atoms with Crippen molar-refractivity contribution in [1.82, 2.24) is 15.2 Å². The molecule has 0 N–H and O–H groups in total. The lowest BCUT2D eigenvalue weighted by Crippen LogP contribution is -2.32. The molecule has 1 aliphatic heterocycles. The molecule has 3 aromatic rings. The van der Waals surface area contributed by atoms with Crippen molar-refractivity contribution in [2.45, 2.75) is 33.1 Å². The topological polar surface area (TPSA) is 103 Å². The number of rotatable bonds is 5. The first-order valence-electron chi connectivity index (χ1n) is 9.03. The van der Waals surface area contributed by atoms with Crippen molar-refractivity contribution < 1.29 is 23.7 Å². The maximum absolute atomic E-state index is 12.9. The Kier molecular flexibility index (Phi) is 4.38. The highest BCUT2D eigenvalue weighted by Crippen LogP contribution is 2.27. The van der Waals surface area contributed by atoms with Crippen molar-refractivity contribution in [2.24, 2.45) is 0 Å². The summed E-state index contributed by atoms with van der Waals surface area (Å²) < 4.78 is 5.28. The number of benzene rings is 1. The summed E-state index contributed by atoms with van der Waals surface area (Å²) >= 11 is 0. The van der Waals surface area contributed by atoms with E-state index in [1.54, 1.807) is 18.2 Å². The largest absolute Gasteiger partial charge is 0.364 e. The molecule has 0 aliphatic carbocycles. The van der Waals surface area contributed by atoms with Gasteiger partial charge in [-0.1, -0.05) is 42.6 Å². The van der Waals surface area contributed by atoms with Crippen molar-refractivity contribution in [1.29, 1.82) is 0 Å². The monoisotopic (exact) mass is 379 g/mol. The molecule has 8 heteroatoms. The number of hydroxylamine groups is 2. The molecule has 4 rings (SSSR count). The van der Waals surface area contributed by atoms with Crippen molar-refractivity contribution >= 4 is 28.9 Å². The molecule has 2 aromatic heterocycles. The van der Waals surface area contributed by atoms with Crippen LogP contribution in [0.2, 0.25) is 0 Å². The van der Waals surface area contributed by atoms with Gasteiger partial charge in [0.1, 0.15) is 0 Å². The Morgan fingerprint density at radius 1 is 1.14 bits per heavy atom. The van der Waals surface area contributed by atoms with E-state index in [0.717, 1.165) is 6.42 Å². The molecular formula is C20H17N3O5. The fraction of sp³-hybridized carbons (Fsp3) is 0.250. The lowest BCUT2D eigenvalue weighted by molar-refractivity contribution is -0.0583. The second-order valence-corrected chi connectivity index (χ2v) is 6.40. The van der Waals surface area contributed by atoms with E-state index >= 15 is 0 Å². The first kappa shape index (κ1) is 17.8. The first-order valence-corrected chi connectivity index (χ1v) is 9.03. The maximum Gasteiger partial charge on any atom is 0.364 e. The van der Waals surface area contributed by atoms with Crippen molar-refractivity contribution in [3.8, 4) is 0 Å². The van der Waals surface area contributed by atoms with Gasteiger partial charge >= 0.3 is 5.97 Å². The number of hydrogen-bond donors (Lipinski definition) is 0. The average molecular weight is 379 g/mol. The predicted octanol–water partition coefficient (Wildman–Crippen LogP) is 3.11. The summed E-state index contributed by atoms with van der Waals surface area (Å²) in [4.78, 5) is 47.4. The van der Waals surface area contributed by atoms with Crippen LogP contribution < -0.4 is 0 Å². The molecular weight excluding hydrogens is 362 g/mol. The van der Waals surface area contributed by atoms with E-state index in [2.05, 4.69) is 10.1 Å². The molecule has 0 saturated heterocycles. The van der Waals surface area contributed by atoms with Crippen LogP contribution in [0.3, 0.4) is 0 Å². The van der Waals surface area contributed by atoms with Gasteiger partial charge in [-0.15, -0.1) is 0 Å². The molecule has 3 heterocycles. The smallest absolute Gasteiger partial charge is 0.336 e. The summed E-state index contributed by atoms with van der Waals surface area (Å²) in [6.07, 6.45) is 1.95. The molecule has 0 saturated carbocycles. The highest BCUT2D eigenvalue weighted by molar-refractivity contribution is 6.21. The molecule has 0 spiro atoms. The number of aryl methyl sites for hydroxylation is 2. The van der Waals surface area contributed by atoms with E-state index < -0.39 is 17.8 Å². The minimum Gasteiger partial charge on any atom is -0.336 e. The number of amides is 2. The average Bonchev–Trinajstić information content (AvgIpc) is 3.22.